The van der Waals surface area contributed by atoms with Gasteiger partial charge in [0.15, 0.2) is 0 Å². The van der Waals surface area contributed by atoms with Crippen LogP contribution in [-0.4, -0.2) is 29.9 Å². The molecule has 0 saturated heterocycles. The van der Waals surface area contributed by atoms with Crippen molar-refractivity contribution in [2.24, 2.45) is 5.73 Å². The van der Waals surface area contributed by atoms with Gasteiger partial charge in [0.05, 0.1) is 0 Å². The maximum Gasteiger partial charge on any atom is 0.490 e. The molecule has 0 aliphatic carbocycles. The molecule has 158 valence electrons. The molecule has 2 aromatic rings. The third-order valence-electron chi connectivity index (χ3n) is 4.20. The lowest BCUT2D eigenvalue weighted by molar-refractivity contribution is -0.192. The number of carbonyl (C=O) groups is 1. The number of aryl methyl sites for hydroxylation is 1. The SMILES string of the molecule is CCc1cccc(F)c1COc1ccc2c(c1)OCC(N)C2.O=C(O)C(F)(F)F. The first-order valence-corrected chi connectivity index (χ1v) is 8.82. The van der Waals surface area contributed by atoms with Crippen molar-refractivity contribution in [3.8, 4) is 11.5 Å². The molecule has 0 amide bonds. The number of carboxylic acid groups (broad SMARTS) is 1. The second-order valence-corrected chi connectivity index (χ2v) is 6.37. The first-order chi connectivity index (χ1) is 13.6. The maximum absolute atomic E-state index is 13.9. The van der Waals surface area contributed by atoms with E-state index in [2.05, 4.69) is 0 Å². The van der Waals surface area contributed by atoms with Crippen LogP contribution in [-0.2, 0) is 24.2 Å². The van der Waals surface area contributed by atoms with Crippen LogP contribution in [0.4, 0.5) is 17.6 Å². The minimum absolute atomic E-state index is 0.0461. The van der Waals surface area contributed by atoms with Crippen molar-refractivity contribution in [3.05, 3.63) is 58.9 Å². The highest BCUT2D eigenvalue weighted by atomic mass is 19.4. The Balaban J connectivity index is 0.000000370. The summed E-state index contributed by atoms with van der Waals surface area (Å²) in [5, 5.41) is 7.12. The molecule has 1 aliphatic rings. The Morgan fingerprint density at radius 1 is 1.31 bits per heavy atom. The van der Waals surface area contributed by atoms with E-state index in [-0.39, 0.29) is 18.5 Å². The summed E-state index contributed by atoms with van der Waals surface area (Å²) in [5.41, 5.74) is 8.55. The summed E-state index contributed by atoms with van der Waals surface area (Å²) in [5.74, 6) is -1.49. The molecule has 29 heavy (non-hydrogen) atoms. The van der Waals surface area contributed by atoms with Gasteiger partial charge in [-0.3, -0.25) is 0 Å². The van der Waals surface area contributed by atoms with Crippen LogP contribution in [0.3, 0.4) is 0 Å². The van der Waals surface area contributed by atoms with Gasteiger partial charge >= 0.3 is 12.1 Å². The summed E-state index contributed by atoms with van der Waals surface area (Å²) in [6.07, 6.45) is -3.50. The van der Waals surface area contributed by atoms with Gasteiger partial charge in [0.2, 0.25) is 0 Å². The van der Waals surface area contributed by atoms with E-state index in [1.807, 2.05) is 31.2 Å². The van der Waals surface area contributed by atoms with E-state index in [1.165, 1.54) is 6.07 Å². The molecule has 0 aromatic heterocycles. The zero-order valence-corrected chi connectivity index (χ0v) is 15.6. The fraction of sp³-hybridized carbons (Fsp3) is 0.350. The highest BCUT2D eigenvalue weighted by Gasteiger charge is 2.38. The Morgan fingerprint density at radius 3 is 2.62 bits per heavy atom. The Morgan fingerprint density at radius 2 is 2.00 bits per heavy atom. The number of benzene rings is 2. The second-order valence-electron chi connectivity index (χ2n) is 6.37. The quantitative estimate of drug-likeness (QED) is 0.741. The van der Waals surface area contributed by atoms with E-state index in [4.69, 9.17) is 25.1 Å². The van der Waals surface area contributed by atoms with Crippen LogP contribution in [0, 0.1) is 5.82 Å². The Bertz CT molecular complexity index is 855. The fourth-order valence-corrected chi connectivity index (χ4v) is 2.72. The number of fused-ring (bicyclic) bond motifs is 1. The molecule has 2 aromatic carbocycles. The third-order valence-corrected chi connectivity index (χ3v) is 4.20. The van der Waals surface area contributed by atoms with E-state index in [0.29, 0.717) is 17.9 Å². The van der Waals surface area contributed by atoms with Crippen LogP contribution in [0.25, 0.3) is 0 Å². The number of alkyl halides is 3. The summed E-state index contributed by atoms with van der Waals surface area (Å²) >= 11 is 0. The highest BCUT2D eigenvalue weighted by molar-refractivity contribution is 5.73. The van der Waals surface area contributed by atoms with Crippen LogP contribution in [0.1, 0.15) is 23.6 Å². The summed E-state index contributed by atoms with van der Waals surface area (Å²) < 4.78 is 57.0. The summed E-state index contributed by atoms with van der Waals surface area (Å²) in [4.78, 5) is 8.90. The van der Waals surface area contributed by atoms with E-state index in [0.717, 1.165) is 29.7 Å². The summed E-state index contributed by atoms with van der Waals surface area (Å²) in [6, 6.07) is 10.9. The molecular weight excluding hydrogens is 394 g/mol. The largest absolute Gasteiger partial charge is 0.492 e. The molecule has 1 aliphatic heterocycles. The van der Waals surface area contributed by atoms with Crippen molar-refractivity contribution in [1.29, 1.82) is 0 Å². The number of rotatable bonds is 4. The molecule has 1 heterocycles. The summed E-state index contributed by atoms with van der Waals surface area (Å²) in [7, 11) is 0. The monoisotopic (exact) mass is 415 g/mol. The number of ether oxygens (including phenoxy) is 2. The second kappa shape index (κ2) is 9.60. The summed E-state index contributed by atoms with van der Waals surface area (Å²) in [6.45, 7) is 2.74. The molecule has 0 saturated carbocycles. The zero-order chi connectivity index (χ0) is 21.6. The first kappa shape index (κ1) is 22.5. The van der Waals surface area contributed by atoms with Crippen LogP contribution in [0.15, 0.2) is 36.4 Å². The standard InChI is InChI=1S/C18H20FNO2.C2HF3O2/c1-2-12-4-3-5-17(19)16(12)11-21-15-7-6-13-8-14(20)10-22-18(13)9-15;3-2(4,5)1(6)7/h3-7,9,14H,2,8,10-11,20H2,1H3;(H,6,7). The number of hydrogen-bond acceptors (Lipinski definition) is 4. The van der Waals surface area contributed by atoms with Gasteiger partial charge in [-0.15, -0.1) is 0 Å². The molecule has 5 nitrogen and oxygen atoms in total. The molecule has 3 rings (SSSR count). The molecule has 1 unspecified atom stereocenters. The van der Waals surface area contributed by atoms with E-state index in [9.17, 15) is 17.6 Å². The van der Waals surface area contributed by atoms with Gasteiger partial charge < -0.3 is 20.3 Å². The molecule has 3 N–H and O–H groups in total. The topological polar surface area (TPSA) is 81.8 Å². The van der Waals surface area contributed by atoms with E-state index >= 15 is 0 Å². The van der Waals surface area contributed by atoms with Crippen LogP contribution in [0.2, 0.25) is 0 Å². The van der Waals surface area contributed by atoms with E-state index in [1.54, 1.807) is 6.07 Å². The Hall–Kier alpha value is -2.81. The molecule has 0 radical (unpaired) electrons. The lowest BCUT2D eigenvalue weighted by Crippen LogP contribution is -2.33. The number of halogens is 4. The van der Waals surface area contributed by atoms with Gasteiger partial charge in [-0.25, -0.2) is 9.18 Å². The minimum Gasteiger partial charge on any atom is -0.492 e. The fourth-order valence-electron chi connectivity index (χ4n) is 2.72. The zero-order valence-electron chi connectivity index (χ0n) is 15.6. The van der Waals surface area contributed by atoms with Crippen LogP contribution < -0.4 is 15.2 Å². The highest BCUT2D eigenvalue weighted by Crippen LogP contribution is 2.29. The maximum atomic E-state index is 13.9. The van der Waals surface area contributed by atoms with E-state index < -0.39 is 12.1 Å². The van der Waals surface area contributed by atoms with Crippen molar-refractivity contribution >= 4 is 5.97 Å². The lowest BCUT2D eigenvalue weighted by atomic mass is 10.0. The average molecular weight is 415 g/mol. The number of aliphatic carboxylic acids is 1. The predicted molar refractivity (Wildman–Crippen MR) is 97.4 cm³/mol. The number of carboxylic acids is 1. The molecule has 0 spiro atoms. The van der Waals surface area contributed by atoms with Gasteiger partial charge in [0.1, 0.15) is 30.5 Å². The van der Waals surface area contributed by atoms with Crippen molar-refractivity contribution in [3.63, 3.8) is 0 Å². The van der Waals surface area contributed by atoms with Crippen LogP contribution >= 0.6 is 0 Å². The van der Waals surface area contributed by atoms with Crippen molar-refractivity contribution in [2.45, 2.75) is 38.6 Å². The first-order valence-electron chi connectivity index (χ1n) is 8.82. The minimum atomic E-state index is -5.08. The Labute approximate surface area is 165 Å². The number of hydrogen-bond donors (Lipinski definition) is 2. The third kappa shape index (κ3) is 6.35. The van der Waals surface area contributed by atoms with Gasteiger partial charge in [0.25, 0.3) is 0 Å². The van der Waals surface area contributed by atoms with Crippen molar-refractivity contribution in [1.82, 2.24) is 0 Å². The normalized spacial score (nSPS) is 15.4. The number of nitrogens with two attached hydrogens (primary N) is 1. The Kier molecular flexibility index (Phi) is 7.44. The van der Waals surface area contributed by atoms with Gasteiger partial charge in [-0.05, 0) is 36.1 Å². The van der Waals surface area contributed by atoms with Gasteiger partial charge in [0, 0.05) is 17.7 Å². The lowest BCUT2D eigenvalue weighted by Gasteiger charge is -2.23. The van der Waals surface area contributed by atoms with Crippen molar-refractivity contribution in [2.75, 3.05) is 6.61 Å². The smallest absolute Gasteiger partial charge is 0.490 e. The molecule has 0 fully saturated rings. The van der Waals surface area contributed by atoms with Crippen LogP contribution in [0.5, 0.6) is 11.5 Å². The molecular formula is C20H21F4NO4. The average Bonchev–Trinajstić information content (AvgIpc) is 2.66. The molecule has 1 atom stereocenters. The van der Waals surface area contributed by atoms with Gasteiger partial charge in [-0.1, -0.05) is 25.1 Å². The van der Waals surface area contributed by atoms with Gasteiger partial charge in [-0.2, -0.15) is 13.2 Å². The van der Waals surface area contributed by atoms with Crippen molar-refractivity contribution < 1.29 is 36.9 Å². The molecule has 0 bridgehead atoms. The molecule has 9 heteroatoms. The predicted octanol–water partition coefficient (Wildman–Crippen LogP) is 3.86.